The third-order valence-electron chi connectivity index (χ3n) is 2.78. The molecule has 0 bridgehead atoms. The summed E-state index contributed by atoms with van der Waals surface area (Å²) >= 11 is 1.42. The molecule has 5 nitrogen and oxygen atoms in total. The first kappa shape index (κ1) is 12.8. The van der Waals surface area contributed by atoms with E-state index < -0.39 is 0 Å². The molecule has 0 unspecified atom stereocenters. The second kappa shape index (κ2) is 5.30. The summed E-state index contributed by atoms with van der Waals surface area (Å²) < 4.78 is 1.34. The molecule has 6 heteroatoms. The standard InChI is InChI=1S/C12H15N3O2S/c1-3-8(2)14-10(16)6-15-7-13-11-9(12(15)17)4-5-18-11/h4-5,7-8H,3,6H2,1-2H3,(H,14,16)/t8-/m0/s1. The molecule has 0 saturated heterocycles. The summed E-state index contributed by atoms with van der Waals surface area (Å²) in [4.78, 5) is 28.6. The number of hydrogen-bond donors (Lipinski definition) is 1. The van der Waals surface area contributed by atoms with Gasteiger partial charge < -0.3 is 5.32 Å². The first-order valence-electron chi connectivity index (χ1n) is 5.83. The molecule has 0 spiro atoms. The average Bonchev–Trinajstić information content (AvgIpc) is 2.81. The Hall–Kier alpha value is -1.69. The molecular weight excluding hydrogens is 250 g/mol. The van der Waals surface area contributed by atoms with E-state index in [0.29, 0.717) is 10.2 Å². The Morgan fingerprint density at radius 3 is 3.11 bits per heavy atom. The molecule has 2 aromatic heterocycles. The topological polar surface area (TPSA) is 64.0 Å². The molecule has 1 atom stereocenters. The van der Waals surface area contributed by atoms with E-state index >= 15 is 0 Å². The largest absolute Gasteiger partial charge is 0.352 e. The number of hydrogen-bond acceptors (Lipinski definition) is 4. The number of amides is 1. The van der Waals surface area contributed by atoms with Crippen LogP contribution in [0, 0.1) is 0 Å². The Kier molecular flexibility index (Phi) is 3.76. The smallest absolute Gasteiger partial charge is 0.262 e. The van der Waals surface area contributed by atoms with Crippen molar-refractivity contribution >= 4 is 27.5 Å². The van der Waals surface area contributed by atoms with Crippen LogP contribution in [0.5, 0.6) is 0 Å². The van der Waals surface area contributed by atoms with E-state index in [-0.39, 0.29) is 24.1 Å². The molecule has 0 aromatic carbocycles. The van der Waals surface area contributed by atoms with Crippen LogP contribution in [0.15, 0.2) is 22.6 Å². The van der Waals surface area contributed by atoms with Gasteiger partial charge in [-0.25, -0.2) is 4.98 Å². The van der Waals surface area contributed by atoms with Crippen LogP contribution < -0.4 is 10.9 Å². The highest BCUT2D eigenvalue weighted by Gasteiger charge is 2.10. The molecule has 18 heavy (non-hydrogen) atoms. The summed E-state index contributed by atoms with van der Waals surface area (Å²) in [5.74, 6) is -0.164. The van der Waals surface area contributed by atoms with Gasteiger partial charge in [0.25, 0.3) is 5.56 Å². The van der Waals surface area contributed by atoms with E-state index in [0.717, 1.165) is 6.42 Å². The molecule has 2 heterocycles. The summed E-state index contributed by atoms with van der Waals surface area (Å²) in [6.07, 6.45) is 2.29. The fourth-order valence-corrected chi connectivity index (χ4v) is 2.31. The third-order valence-corrected chi connectivity index (χ3v) is 3.60. The van der Waals surface area contributed by atoms with Crippen LogP contribution >= 0.6 is 11.3 Å². The molecule has 2 rings (SSSR count). The Morgan fingerprint density at radius 2 is 2.39 bits per heavy atom. The summed E-state index contributed by atoms with van der Waals surface area (Å²) in [5.41, 5.74) is -0.166. The van der Waals surface area contributed by atoms with Crippen LogP contribution in [-0.2, 0) is 11.3 Å². The number of carbonyl (C=O) groups excluding carboxylic acids is 1. The van der Waals surface area contributed by atoms with Crippen LogP contribution in [0.25, 0.3) is 10.2 Å². The van der Waals surface area contributed by atoms with Crippen molar-refractivity contribution in [3.63, 3.8) is 0 Å². The minimum Gasteiger partial charge on any atom is -0.352 e. The van der Waals surface area contributed by atoms with Gasteiger partial charge in [0.15, 0.2) is 0 Å². The highest BCUT2D eigenvalue weighted by Crippen LogP contribution is 2.13. The fraction of sp³-hybridized carbons (Fsp3) is 0.417. The van der Waals surface area contributed by atoms with E-state index in [1.54, 1.807) is 6.07 Å². The quantitative estimate of drug-likeness (QED) is 0.908. The molecule has 1 amide bonds. The molecule has 2 aromatic rings. The monoisotopic (exact) mass is 265 g/mol. The zero-order valence-electron chi connectivity index (χ0n) is 10.3. The summed E-state index contributed by atoms with van der Waals surface area (Å²) in [7, 11) is 0. The molecule has 96 valence electrons. The van der Waals surface area contributed by atoms with Gasteiger partial charge in [-0.15, -0.1) is 11.3 Å². The van der Waals surface area contributed by atoms with Gasteiger partial charge in [0.05, 0.1) is 11.7 Å². The van der Waals surface area contributed by atoms with Crippen LogP contribution in [0.2, 0.25) is 0 Å². The van der Waals surface area contributed by atoms with Gasteiger partial charge in [-0.1, -0.05) is 6.92 Å². The molecule has 0 radical (unpaired) electrons. The summed E-state index contributed by atoms with van der Waals surface area (Å²) in [5, 5.41) is 5.21. The van der Waals surface area contributed by atoms with Crippen molar-refractivity contribution in [3.05, 3.63) is 28.1 Å². The maximum atomic E-state index is 12.0. The van der Waals surface area contributed by atoms with Gasteiger partial charge in [-0.3, -0.25) is 14.2 Å². The highest BCUT2D eigenvalue weighted by atomic mass is 32.1. The van der Waals surface area contributed by atoms with Crippen LogP contribution in [0.3, 0.4) is 0 Å². The molecular formula is C12H15N3O2S. The van der Waals surface area contributed by atoms with Gasteiger partial charge in [-0.05, 0) is 24.8 Å². The van der Waals surface area contributed by atoms with Gasteiger partial charge in [0.1, 0.15) is 11.4 Å². The van der Waals surface area contributed by atoms with Crippen molar-refractivity contribution in [1.82, 2.24) is 14.9 Å². The maximum Gasteiger partial charge on any atom is 0.262 e. The number of nitrogens with one attached hydrogen (secondary N) is 1. The minimum atomic E-state index is -0.166. The number of fused-ring (bicyclic) bond motifs is 1. The molecule has 0 fully saturated rings. The molecule has 0 saturated carbocycles. The lowest BCUT2D eigenvalue weighted by Gasteiger charge is -2.11. The lowest BCUT2D eigenvalue weighted by atomic mass is 10.2. The van der Waals surface area contributed by atoms with E-state index in [1.807, 2.05) is 19.2 Å². The predicted octanol–water partition coefficient (Wildman–Crippen LogP) is 1.37. The van der Waals surface area contributed by atoms with Gasteiger partial charge in [0.2, 0.25) is 5.91 Å². The number of rotatable bonds is 4. The zero-order chi connectivity index (χ0) is 13.1. The van der Waals surface area contributed by atoms with Crippen molar-refractivity contribution in [2.75, 3.05) is 0 Å². The Bertz CT molecular complexity index is 617. The lowest BCUT2D eigenvalue weighted by molar-refractivity contribution is -0.122. The van der Waals surface area contributed by atoms with Gasteiger partial charge in [-0.2, -0.15) is 0 Å². The lowest BCUT2D eigenvalue weighted by Crippen LogP contribution is -2.37. The van der Waals surface area contributed by atoms with Gasteiger partial charge >= 0.3 is 0 Å². The SMILES string of the molecule is CC[C@H](C)NC(=O)Cn1cnc2sccc2c1=O. The Balaban J connectivity index is 2.19. The summed E-state index contributed by atoms with van der Waals surface area (Å²) in [6, 6.07) is 1.85. The van der Waals surface area contributed by atoms with Crippen LogP contribution in [0.1, 0.15) is 20.3 Å². The van der Waals surface area contributed by atoms with Crippen molar-refractivity contribution in [2.45, 2.75) is 32.9 Å². The van der Waals surface area contributed by atoms with Crippen LogP contribution in [0.4, 0.5) is 0 Å². The summed E-state index contributed by atoms with van der Waals surface area (Å²) in [6.45, 7) is 3.94. The maximum absolute atomic E-state index is 12.0. The Morgan fingerprint density at radius 1 is 1.61 bits per heavy atom. The number of thiophene rings is 1. The van der Waals surface area contributed by atoms with Crippen molar-refractivity contribution in [2.24, 2.45) is 0 Å². The second-order valence-electron chi connectivity index (χ2n) is 4.19. The van der Waals surface area contributed by atoms with E-state index in [2.05, 4.69) is 10.3 Å². The average molecular weight is 265 g/mol. The second-order valence-corrected chi connectivity index (χ2v) is 5.09. The van der Waals surface area contributed by atoms with Crippen LogP contribution in [-0.4, -0.2) is 21.5 Å². The minimum absolute atomic E-state index is 0.0158. The first-order chi connectivity index (χ1) is 8.61. The normalized spacial score (nSPS) is 12.6. The van der Waals surface area contributed by atoms with E-state index in [4.69, 9.17) is 0 Å². The molecule has 1 N–H and O–H groups in total. The van der Waals surface area contributed by atoms with Gasteiger partial charge in [0, 0.05) is 6.04 Å². The van der Waals surface area contributed by atoms with Crippen molar-refractivity contribution in [3.8, 4) is 0 Å². The van der Waals surface area contributed by atoms with Crippen molar-refractivity contribution < 1.29 is 4.79 Å². The molecule has 0 aliphatic rings. The third kappa shape index (κ3) is 2.59. The number of nitrogens with zero attached hydrogens (tertiary/aromatic N) is 2. The highest BCUT2D eigenvalue weighted by molar-refractivity contribution is 7.16. The number of carbonyl (C=O) groups is 1. The predicted molar refractivity (Wildman–Crippen MR) is 71.8 cm³/mol. The molecule has 0 aliphatic carbocycles. The first-order valence-corrected chi connectivity index (χ1v) is 6.71. The van der Waals surface area contributed by atoms with Crippen molar-refractivity contribution in [1.29, 1.82) is 0 Å². The van der Waals surface area contributed by atoms with E-state index in [9.17, 15) is 9.59 Å². The van der Waals surface area contributed by atoms with E-state index in [1.165, 1.54) is 22.2 Å². The fourth-order valence-electron chi connectivity index (χ4n) is 1.58. The Labute approximate surface area is 108 Å². The molecule has 0 aliphatic heterocycles. The zero-order valence-corrected chi connectivity index (χ0v) is 11.2. The number of aromatic nitrogens is 2.